The summed E-state index contributed by atoms with van der Waals surface area (Å²) in [6, 6.07) is 0. The Bertz CT molecular complexity index is 807. The van der Waals surface area contributed by atoms with E-state index in [1.165, 1.54) is 9.78 Å². The fourth-order valence-electron chi connectivity index (χ4n) is 3.22. The molecule has 140 valence electrons. The molecule has 0 aromatic carbocycles. The Morgan fingerprint density at radius 3 is 2.85 bits per heavy atom. The first-order valence-electron chi connectivity index (χ1n) is 8.60. The molecule has 0 aliphatic carbocycles. The van der Waals surface area contributed by atoms with Gasteiger partial charge in [-0.1, -0.05) is 5.16 Å². The van der Waals surface area contributed by atoms with Gasteiger partial charge < -0.3 is 14.7 Å². The Kier molecular flexibility index (Phi) is 5.43. The molecule has 2 aromatic heterocycles. The molecule has 0 bridgehead atoms. The van der Waals surface area contributed by atoms with Crippen LogP contribution in [0, 0.1) is 13.8 Å². The number of fused-ring (bicyclic) bond motifs is 1. The first-order chi connectivity index (χ1) is 12.4. The molecule has 3 heterocycles. The van der Waals surface area contributed by atoms with Crippen LogP contribution in [0.3, 0.4) is 0 Å². The molecule has 0 atom stereocenters. The fraction of sp³-hybridized carbons (Fsp3) is 0.500. The number of carbonyl (C=O) groups is 2. The minimum atomic E-state index is -0.171. The molecule has 1 N–H and O–H groups in total. The number of aromatic nitrogens is 1. The van der Waals surface area contributed by atoms with Gasteiger partial charge in [0.2, 0.25) is 5.91 Å². The van der Waals surface area contributed by atoms with Crippen LogP contribution in [0.2, 0.25) is 0 Å². The van der Waals surface area contributed by atoms with E-state index in [2.05, 4.69) is 15.4 Å². The molecule has 2 amide bonds. The molecule has 0 saturated heterocycles. The maximum Gasteiger partial charge on any atom is 0.255 e. The lowest BCUT2D eigenvalue weighted by Gasteiger charge is -2.27. The lowest BCUT2D eigenvalue weighted by atomic mass is 10.0. The van der Waals surface area contributed by atoms with Crippen LogP contribution in [0.5, 0.6) is 0 Å². The minimum absolute atomic E-state index is 0.0676. The van der Waals surface area contributed by atoms with Gasteiger partial charge in [-0.15, -0.1) is 11.3 Å². The van der Waals surface area contributed by atoms with Crippen molar-refractivity contribution in [1.82, 2.24) is 20.3 Å². The summed E-state index contributed by atoms with van der Waals surface area (Å²) in [5.41, 5.74) is 3.94. The number of amides is 2. The summed E-state index contributed by atoms with van der Waals surface area (Å²) >= 11 is 1.62. The van der Waals surface area contributed by atoms with Crippen molar-refractivity contribution in [2.24, 2.45) is 0 Å². The van der Waals surface area contributed by atoms with Gasteiger partial charge in [0.05, 0.1) is 17.8 Å². The Morgan fingerprint density at radius 1 is 1.42 bits per heavy atom. The topological polar surface area (TPSA) is 78.7 Å². The molecule has 3 rings (SSSR count). The quantitative estimate of drug-likeness (QED) is 0.860. The number of hydrogen-bond donors (Lipinski definition) is 1. The number of thiophene rings is 1. The molecule has 1 aliphatic heterocycles. The van der Waals surface area contributed by atoms with Crippen molar-refractivity contribution < 1.29 is 14.1 Å². The molecule has 7 nitrogen and oxygen atoms in total. The third-order valence-corrected chi connectivity index (χ3v) is 5.84. The van der Waals surface area contributed by atoms with Gasteiger partial charge in [0.1, 0.15) is 5.76 Å². The Labute approximate surface area is 156 Å². The zero-order valence-corrected chi connectivity index (χ0v) is 16.4. The Morgan fingerprint density at radius 2 is 2.19 bits per heavy atom. The average Bonchev–Trinajstić information content (AvgIpc) is 3.18. The Balaban J connectivity index is 1.70. The van der Waals surface area contributed by atoms with Gasteiger partial charge in [0, 0.05) is 49.6 Å². The number of carbonyl (C=O) groups excluding carboxylic acids is 2. The third kappa shape index (κ3) is 3.66. The summed E-state index contributed by atoms with van der Waals surface area (Å²) in [6.45, 7) is 6.47. The average molecular weight is 376 g/mol. The van der Waals surface area contributed by atoms with Crippen molar-refractivity contribution >= 4 is 23.2 Å². The molecule has 0 unspecified atom stereocenters. The van der Waals surface area contributed by atoms with Crippen LogP contribution in [0.4, 0.5) is 0 Å². The molecule has 0 spiro atoms. The predicted octanol–water partition coefficient (Wildman–Crippen LogP) is 1.73. The summed E-state index contributed by atoms with van der Waals surface area (Å²) in [4.78, 5) is 29.2. The third-order valence-electron chi connectivity index (χ3n) is 4.83. The summed E-state index contributed by atoms with van der Waals surface area (Å²) in [5, 5.41) is 8.49. The van der Waals surface area contributed by atoms with E-state index >= 15 is 0 Å². The molecule has 0 radical (unpaired) electrons. The van der Waals surface area contributed by atoms with Crippen LogP contribution < -0.4 is 5.32 Å². The largest absolute Gasteiger partial charge is 0.361 e. The van der Waals surface area contributed by atoms with Crippen molar-refractivity contribution in [1.29, 1.82) is 0 Å². The van der Waals surface area contributed by atoms with Crippen LogP contribution >= 0.6 is 11.3 Å². The van der Waals surface area contributed by atoms with Crippen LogP contribution in [0.25, 0.3) is 0 Å². The van der Waals surface area contributed by atoms with E-state index in [0.717, 1.165) is 54.2 Å². The van der Waals surface area contributed by atoms with Gasteiger partial charge in [-0.05, 0) is 25.8 Å². The van der Waals surface area contributed by atoms with Crippen molar-refractivity contribution in [2.75, 3.05) is 27.2 Å². The van der Waals surface area contributed by atoms with Crippen LogP contribution in [0.1, 0.15) is 37.8 Å². The minimum Gasteiger partial charge on any atom is -0.361 e. The highest BCUT2D eigenvalue weighted by atomic mass is 32.1. The van der Waals surface area contributed by atoms with Gasteiger partial charge in [-0.2, -0.15) is 0 Å². The second-order valence-corrected chi connectivity index (χ2v) is 7.61. The van der Waals surface area contributed by atoms with Crippen molar-refractivity contribution in [3.63, 3.8) is 0 Å². The highest BCUT2D eigenvalue weighted by Crippen LogP contribution is 2.30. The van der Waals surface area contributed by atoms with Gasteiger partial charge in [0.15, 0.2) is 0 Å². The fourth-order valence-corrected chi connectivity index (χ4v) is 4.33. The standard InChI is InChI=1S/C18H24N4O3S/c1-11-14(12(2)25-20-11)7-22-6-5-13-15(10-26-16(13)8-22)18(24)21(4)9-17(23)19-3/h10H,5-9H2,1-4H3,(H,19,23). The Hall–Kier alpha value is -2.19. The molecule has 0 saturated carbocycles. The molecular formula is C18H24N4O3S. The normalized spacial score (nSPS) is 14.2. The molecule has 0 fully saturated rings. The molecule has 2 aromatic rings. The summed E-state index contributed by atoms with van der Waals surface area (Å²) < 4.78 is 5.25. The number of hydrogen-bond acceptors (Lipinski definition) is 6. The van der Waals surface area contributed by atoms with Gasteiger partial charge in [-0.25, -0.2) is 0 Å². The zero-order valence-electron chi connectivity index (χ0n) is 15.6. The highest BCUT2D eigenvalue weighted by molar-refractivity contribution is 7.10. The van der Waals surface area contributed by atoms with Crippen LogP contribution in [0.15, 0.2) is 9.90 Å². The number of nitrogens with zero attached hydrogens (tertiary/aromatic N) is 3. The van der Waals surface area contributed by atoms with E-state index in [0.29, 0.717) is 0 Å². The lowest BCUT2D eigenvalue weighted by molar-refractivity contribution is -0.121. The van der Waals surface area contributed by atoms with Gasteiger partial charge in [0.25, 0.3) is 5.91 Å². The van der Waals surface area contributed by atoms with E-state index in [9.17, 15) is 9.59 Å². The van der Waals surface area contributed by atoms with Crippen LogP contribution in [-0.2, 0) is 24.3 Å². The second-order valence-electron chi connectivity index (χ2n) is 6.65. The zero-order chi connectivity index (χ0) is 18.8. The predicted molar refractivity (Wildman–Crippen MR) is 99.1 cm³/mol. The maximum absolute atomic E-state index is 12.7. The van der Waals surface area contributed by atoms with Crippen molar-refractivity contribution in [3.05, 3.63) is 38.4 Å². The van der Waals surface area contributed by atoms with E-state index in [-0.39, 0.29) is 18.4 Å². The van der Waals surface area contributed by atoms with E-state index in [1.54, 1.807) is 25.4 Å². The molecule has 26 heavy (non-hydrogen) atoms. The first kappa shape index (κ1) is 18.6. The molecule has 8 heteroatoms. The van der Waals surface area contributed by atoms with Gasteiger partial charge in [-0.3, -0.25) is 14.5 Å². The number of aryl methyl sites for hydroxylation is 2. The van der Waals surface area contributed by atoms with Crippen LogP contribution in [-0.4, -0.2) is 54.0 Å². The van der Waals surface area contributed by atoms with E-state index in [1.807, 2.05) is 19.2 Å². The molecular weight excluding hydrogens is 352 g/mol. The summed E-state index contributed by atoms with van der Waals surface area (Å²) in [5.74, 6) is 0.604. The van der Waals surface area contributed by atoms with E-state index < -0.39 is 0 Å². The summed E-state index contributed by atoms with van der Waals surface area (Å²) in [7, 11) is 3.23. The monoisotopic (exact) mass is 376 g/mol. The maximum atomic E-state index is 12.7. The van der Waals surface area contributed by atoms with Crippen molar-refractivity contribution in [3.8, 4) is 0 Å². The van der Waals surface area contributed by atoms with Gasteiger partial charge >= 0.3 is 0 Å². The van der Waals surface area contributed by atoms with Crippen molar-refractivity contribution in [2.45, 2.75) is 33.4 Å². The smallest absolute Gasteiger partial charge is 0.255 e. The SMILES string of the molecule is CNC(=O)CN(C)C(=O)c1csc2c1CCN(Cc1c(C)noc1C)C2. The second kappa shape index (κ2) is 7.59. The number of rotatable bonds is 5. The summed E-state index contributed by atoms with van der Waals surface area (Å²) in [6.07, 6.45) is 0.830. The first-order valence-corrected chi connectivity index (χ1v) is 9.48. The number of nitrogens with one attached hydrogen (secondary N) is 1. The van der Waals surface area contributed by atoms with E-state index in [4.69, 9.17) is 4.52 Å². The molecule has 1 aliphatic rings. The highest BCUT2D eigenvalue weighted by Gasteiger charge is 2.26. The number of likely N-dealkylation sites (N-methyl/N-ethyl adjacent to an activating group) is 2. The lowest BCUT2D eigenvalue weighted by Crippen LogP contribution is -2.37.